The molecule has 0 spiro atoms. The molecule has 17 heavy (non-hydrogen) atoms. The number of ether oxygens (including phenoxy) is 1. The molecule has 1 aliphatic heterocycles. The SMILES string of the molecule is COc1ccc(Br)cc1C(C)(O)C1CCCN1. The minimum atomic E-state index is -0.911. The fraction of sp³-hybridized carbons (Fsp3) is 0.538. The van der Waals surface area contributed by atoms with Crippen LogP contribution in [-0.2, 0) is 5.60 Å². The second kappa shape index (κ2) is 4.96. The van der Waals surface area contributed by atoms with E-state index >= 15 is 0 Å². The van der Waals surface area contributed by atoms with Crippen LogP contribution in [0.25, 0.3) is 0 Å². The molecular weight excluding hydrogens is 282 g/mol. The smallest absolute Gasteiger partial charge is 0.125 e. The number of hydrogen-bond donors (Lipinski definition) is 2. The molecule has 2 atom stereocenters. The number of hydrogen-bond acceptors (Lipinski definition) is 3. The molecule has 4 heteroatoms. The number of halogens is 1. The van der Waals surface area contributed by atoms with E-state index in [0.717, 1.165) is 35.2 Å². The van der Waals surface area contributed by atoms with Crippen molar-refractivity contribution in [1.29, 1.82) is 0 Å². The highest BCUT2D eigenvalue weighted by Gasteiger charge is 2.37. The third-order valence-corrected chi connectivity index (χ3v) is 3.94. The van der Waals surface area contributed by atoms with E-state index in [4.69, 9.17) is 4.74 Å². The van der Waals surface area contributed by atoms with Crippen LogP contribution in [-0.4, -0.2) is 24.8 Å². The van der Waals surface area contributed by atoms with E-state index in [0.29, 0.717) is 0 Å². The molecule has 0 saturated carbocycles. The van der Waals surface area contributed by atoms with Crippen molar-refractivity contribution in [3.05, 3.63) is 28.2 Å². The van der Waals surface area contributed by atoms with Gasteiger partial charge >= 0.3 is 0 Å². The lowest BCUT2D eigenvalue weighted by Gasteiger charge is -2.32. The Labute approximate surface area is 110 Å². The van der Waals surface area contributed by atoms with Gasteiger partial charge in [-0.25, -0.2) is 0 Å². The van der Waals surface area contributed by atoms with Gasteiger partial charge in [-0.2, -0.15) is 0 Å². The summed E-state index contributed by atoms with van der Waals surface area (Å²) in [6.07, 6.45) is 2.10. The van der Waals surface area contributed by atoms with Crippen LogP contribution < -0.4 is 10.1 Å². The number of methoxy groups -OCH3 is 1. The molecule has 0 bridgehead atoms. The van der Waals surface area contributed by atoms with Crippen molar-refractivity contribution in [2.24, 2.45) is 0 Å². The Morgan fingerprint density at radius 1 is 1.53 bits per heavy atom. The summed E-state index contributed by atoms with van der Waals surface area (Å²) in [4.78, 5) is 0. The lowest BCUT2D eigenvalue weighted by atomic mass is 9.86. The second-order valence-corrected chi connectivity index (χ2v) is 5.56. The van der Waals surface area contributed by atoms with Crippen LogP contribution >= 0.6 is 15.9 Å². The molecule has 1 heterocycles. The first-order valence-electron chi connectivity index (χ1n) is 5.85. The van der Waals surface area contributed by atoms with Gasteiger partial charge in [-0.15, -0.1) is 0 Å². The summed E-state index contributed by atoms with van der Waals surface area (Å²) in [6.45, 7) is 2.82. The highest BCUT2D eigenvalue weighted by Crippen LogP contribution is 2.36. The van der Waals surface area contributed by atoms with Gasteiger partial charge in [-0.05, 0) is 44.5 Å². The number of nitrogens with one attached hydrogen (secondary N) is 1. The second-order valence-electron chi connectivity index (χ2n) is 4.64. The maximum absolute atomic E-state index is 10.8. The molecule has 1 aromatic carbocycles. The van der Waals surface area contributed by atoms with Crippen molar-refractivity contribution in [2.75, 3.05) is 13.7 Å². The van der Waals surface area contributed by atoms with E-state index < -0.39 is 5.60 Å². The number of aliphatic hydroxyl groups is 1. The molecule has 94 valence electrons. The molecule has 1 fully saturated rings. The van der Waals surface area contributed by atoms with Crippen molar-refractivity contribution in [1.82, 2.24) is 5.32 Å². The van der Waals surface area contributed by atoms with Crippen molar-refractivity contribution >= 4 is 15.9 Å². The van der Waals surface area contributed by atoms with Gasteiger partial charge in [0.2, 0.25) is 0 Å². The quantitative estimate of drug-likeness (QED) is 0.901. The number of rotatable bonds is 3. The van der Waals surface area contributed by atoms with Crippen molar-refractivity contribution in [3.63, 3.8) is 0 Å². The molecule has 0 radical (unpaired) electrons. The summed E-state index contributed by atoms with van der Waals surface area (Å²) in [5.41, 5.74) is -0.0835. The third-order valence-electron chi connectivity index (χ3n) is 3.45. The average Bonchev–Trinajstić information content (AvgIpc) is 2.83. The standard InChI is InChI=1S/C13H18BrNO2/c1-13(16,12-4-3-7-15-12)10-8-9(14)5-6-11(10)17-2/h5-6,8,12,15-16H,3-4,7H2,1-2H3. The van der Waals surface area contributed by atoms with E-state index in [1.54, 1.807) is 7.11 Å². The van der Waals surface area contributed by atoms with Gasteiger partial charge in [0.1, 0.15) is 11.4 Å². The maximum Gasteiger partial charge on any atom is 0.125 e. The van der Waals surface area contributed by atoms with Crippen LogP contribution in [0, 0.1) is 0 Å². The summed E-state index contributed by atoms with van der Waals surface area (Å²) in [5, 5.41) is 14.1. The van der Waals surface area contributed by atoms with Crippen molar-refractivity contribution in [3.8, 4) is 5.75 Å². The van der Waals surface area contributed by atoms with Gasteiger partial charge in [-0.3, -0.25) is 0 Å². The van der Waals surface area contributed by atoms with Crippen molar-refractivity contribution in [2.45, 2.75) is 31.4 Å². The first-order valence-corrected chi connectivity index (χ1v) is 6.65. The lowest BCUT2D eigenvalue weighted by Crippen LogP contribution is -2.43. The predicted octanol–water partition coefficient (Wildman–Crippen LogP) is 2.42. The zero-order chi connectivity index (χ0) is 12.5. The molecule has 1 saturated heterocycles. The van der Waals surface area contributed by atoms with Gasteiger partial charge in [0.05, 0.1) is 7.11 Å². The largest absolute Gasteiger partial charge is 0.496 e. The van der Waals surface area contributed by atoms with E-state index in [9.17, 15) is 5.11 Å². The summed E-state index contributed by atoms with van der Waals surface area (Å²) >= 11 is 3.44. The van der Waals surface area contributed by atoms with Gasteiger partial charge in [0, 0.05) is 16.1 Å². The zero-order valence-corrected chi connectivity index (χ0v) is 11.8. The van der Waals surface area contributed by atoms with Crippen LogP contribution in [0.15, 0.2) is 22.7 Å². The molecule has 1 aliphatic rings. The normalized spacial score (nSPS) is 23.4. The summed E-state index contributed by atoms with van der Waals surface area (Å²) in [5.74, 6) is 0.729. The van der Waals surface area contributed by atoms with Gasteiger partial charge in [0.15, 0.2) is 0 Å². The lowest BCUT2D eigenvalue weighted by molar-refractivity contribution is 0.0196. The van der Waals surface area contributed by atoms with E-state index in [1.165, 1.54) is 0 Å². The Balaban J connectivity index is 2.39. The number of benzene rings is 1. The topological polar surface area (TPSA) is 41.5 Å². The fourth-order valence-corrected chi connectivity index (χ4v) is 2.79. The van der Waals surface area contributed by atoms with Crippen molar-refractivity contribution < 1.29 is 9.84 Å². The molecule has 0 aromatic heterocycles. The molecule has 2 rings (SSSR count). The Kier molecular flexibility index (Phi) is 3.76. The van der Waals surface area contributed by atoms with Gasteiger partial charge < -0.3 is 15.2 Å². The van der Waals surface area contributed by atoms with E-state index in [-0.39, 0.29) is 6.04 Å². The monoisotopic (exact) mass is 299 g/mol. The minimum Gasteiger partial charge on any atom is -0.496 e. The van der Waals surface area contributed by atoms with Crippen LogP contribution in [0.3, 0.4) is 0 Å². The summed E-state index contributed by atoms with van der Waals surface area (Å²) < 4.78 is 6.29. The van der Waals surface area contributed by atoms with Crippen LogP contribution in [0.2, 0.25) is 0 Å². The Morgan fingerprint density at radius 2 is 2.29 bits per heavy atom. The first-order chi connectivity index (χ1) is 8.05. The van der Waals surface area contributed by atoms with Crippen LogP contribution in [0.4, 0.5) is 0 Å². The molecule has 2 N–H and O–H groups in total. The van der Waals surface area contributed by atoms with Crippen LogP contribution in [0.1, 0.15) is 25.3 Å². The summed E-state index contributed by atoms with van der Waals surface area (Å²) in [7, 11) is 1.63. The highest BCUT2D eigenvalue weighted by atomic mass is 79.9. The molecule has 1 aromatic rings. The molecule has 3 nitrogen and oxygen atoms in total. The van der Waals surface area contributed by atoms with Crippen LogP contribution in [0.5, 0.6) is 5.75 Å². The molecule has 0 aliphatic carbocycles. The molecule has 2 unspecified atom stereocenters. The zero-order valence-electron chi connectivity index (χ0n) is 10.2. The molecule has 0 amide bonds. The van der Waals surface area contributed by atoms with E-state index in [1.807, 2.05) is 25.1 Å². The fourth-order valence-electron chi connectivity index (χ4n) is 2.43. The van der Waals surface area contributed by atoms with E-state index in [2.05, 4.69) is 21.2 Å². The third kappa shape index (κ3) is 2.49. The Bertz CT molecular complexity index is 400. The highest BCUT2D eigenvalue weighted by molar-refractivity contribution is 9.10. The first kappa shape index (κ1) is 12.9. The van der Waals surface area contributed by atoms with Gasteiger partial charge in [-0.1, -0.05) is 15.9 Å². The summed E-state index contributed by atoms with van der Waals surface area (Å²) in [6, 6.07) is 5.81. The Morgan fingerprint density at radius 3 is 2.88 bits per heavy atom. The Hall–Kier alpha value is -0.580. The minimum absolute atomic E-state index is 0.0886. The average molecular weight is 300 g/mol. The molecular formula is C13H18BrNO2. The van der Waals surface area contributed by atoms with Gasteiger partial charge in [0.25, 0.3) is 0 Å². The maximum atomic E-state index is 10.8. The predicted molar refractivity (Wildman–Crippen MR) is 71.3 cm³/mol.